The van der Waals surface area contributed by atoms with E-state index in [9.17, 15) is 9.59 Å². The Morgan fingerprint density at radius 2 is 1.88 bits per heavy atom. The molecule has 0 saturated carbocycles. The summed E-state index contributed by atoms with van der Waals surface area (Å²) in [5.41, 5.74) is 1.80. The molecule has 2 aromatic rings. The second kappa shape index (κ2) is 7.00. The lowest BCUT2D eigenvalue weighted by Gasteiger charge is -2.34. The minimum Gasteiger partial charge on any atom is -0.493 e. The number of imidazole rings is 1. The molecule has 3 rings (SSSR count). The quantitative estimate of drug-likeness (QED) is 0.843. The fraction of sp³-hybridized carbons (Fsp3) is 0.471. The van der Waals surface area contributed by atoms with E-state index in [1.807, 2.05) is 19.1 Å². The molecular weight excluding hydrogens is 324 g/mol. The largest absolute Gasteiger partial charge is 0.493 e. The van der Waals surface area contributed by atoms with Gasteiger partial charge < -0.3 is 19.3 Å². The number of piperazine rings is 1. The van der Waals surface area contributed by atoms with Crippen molar-refractivity contribution >= 4 is 17.6 Å². The summed E-state index contributed by atoms with van der Waals surface area (Å²) in [6.45, 7) is 5.80. The lowest BCUT2D eigenvalue weighted by molar-refractivity contribution is 0.0564. The van der Waals surface area contributed by atoms with Gasteiger partial charge in [0, 0.05) is 32.4 Å². The van der Waals surface area contributed by atoms with Crippen LogP contribution in [0.25, 0.3) is 5.65 Å². The summed E-state index contributed by atoms with van der Waals surface area (Å²) in [5, 5.41) is 0. The Labute approximate surface area is 145 Å². The molecule has 3 heterocycles. The van der Waals surface area contributed by atoms with E-state index in [0.29, 0.717) is 55.6 Å². The first-order valence-electron chi connectivity index (χ1n) is 8.29. The van der Waals surface area contributed by atoms with Crippen LogP contribution in [0.2, 0.25) is 0 Å². The van der Waals surface area contributed by atoms with Gasteiger partial charge in [0.05, 0.1) is 19.4 Å². The van der Waals surface area contributed by atoms with Crippen LogP contribution >= 0.6 is 0 Å². The summed E-state index contributed by atoms with van der Waals surface area (Å²) in [6, 6.07) is 3.64. The first-order valence-corrected chi connectivity index (χ1v) is 8.29. The molecule has 2 amide bonds. The number of nitrogens with zero attached hydrogens (tertiary/aromatic N) is 4. The van der Waals surface area contributed by atoms with Crippen molar-refractivity contribution in [2.24, 2.45) is 0 Å². The molecule has 1 aliphatic heterocycles. The number of pyridine rings is 1. The summed E-state index contributed by atoms with van der Waals surface area (Å²) in [4.78, 5) is 32.6. The molecule has 0 bridgehead atoms. The van der Waals surface area contributed by atoms with Gasteiger partial charge in [0.2, 0.25) is 0 Å². The molecule has 0 radical (unpaired) electrons. The maximum Gasteiger partial charge on any atom is 0.409 e. The highest BCUT2D eigenvalue weighted by molar-refractivity contribution is 5.95. The molecule has 25 heavy (non-hydrogen) atoms. The molecule has 0 N–H and O–H groups in total. The predicted molar refractivity (Wildman–Crippen MR) is 91.0 cm³/mol. The van der Waals surface area contributed by atoms with E-state index in [1.54, 1.807) is 34.4 Å². The number of aromatic nitrogens is 2. The van der Waals surface area contributed by atoms with Crippen molar-refractivity contribution in [1.82, 2.24) is 19.2 Å². The fourth-order valence-electron chi connectivity index (χ4n) is 3.03. The van der Waals surface area contributed by atoms with E-state index in [-0.39, 0.29) is 12.0 Å². The Bertz CT molecular complexity index is 793. The topological polar surface area (TPSA) is 76.4 Å². The third-order valence-corrected chi connectivity index (χ3v) is 4.30. The summed E-state index contributed by atoms with van der Waals surface area (Å²) in [7, 11) is 1.58. The normalized spacial score (nSPS) is 14.7. The van der Waals surface area contributed by atoms with Crippen molar-refractivity contribution in [3.05, 3.63) is 29.7 Å². The Kier molecular flexibility index (Phi) is 4.78. The zero-order valence-electron chi connectivity index (χ0n) is 14.7. The van der Waals surface area contributed by atoms with E-state index < -0.39 is 0 Å². The number of hydrogen-bond donors (Lipinski definition) is 0. The number of carbonyl (C=O) groups is 2. The van der Waals surface area contributed by atoms with Crippen LogP contribution < -0.4 is 4.74 Å². The van der Waals surface area contributed by atoms with Crippen molar-refractivity contribution in [2.75, 3.05) is 39.9 Å². The van der Waals surface area contributed by atoms with Crippen LogP contribution in [0.15, 0.2) is 18.3 Å². The standard InChI is InChI=1S/C17H22N4O4/c1-4-25-17(23)20-10-8-19(9-11-20)16(22)14-12(2)18-15-13(24-3)6-5-7-21(14)15/h5-7H,4,8-11H2,1-3H3. The van der Waals surface area contributed by atoms with Crippen LogP contribution in [-0.4, -0.2) is 71.1 Å². The van der Waals surface area contributed by atoms with Gasteiger partial charge in [-0.15, -0.1) is 0 Å². The number of hydrogen-bond acceptors (Lipinski definition) is 5. The third kappa shape index (κ3) is 3.11. The van der Waals surface area contributed by atoms with E-state index >= 15 is 0 Å². The average Bonchev–Trinajstić information content (AvgIpc) is 2.97. The van der Waals surface area contributed by atoms with Crippen LogP contribution in [0.1, 0.15) is 23.1 Å². The van der Waals surface area contributed by atoms with Crippen molar-refractivity contribution in [3.63, 3.8) is 0 Å². The van der Waals surface area contributed by atoms with Gasteiger partial charge in [-0.25, -0.2) is 9.78 Å². The smallest absolute Gasteiger partial charge is 0.409 e. The zero-order valence-corrected chi connectivity index (χ0v) is 14.7. The van der Waals surface area contributed by atoms with Crippen molar-refractivity contribution in [2.45, 2.75) is 13.8 Å². The molecule has 0 atom stereocenters. The second-order valence-corrected chi connectivity index (χ2v) is 5.79. The van der Waals surface area contributed by atoms with Gasteiger partial charge in [-0.3, -0.25) is 9.20 Å². The number of aryl methyl sites for hydroxylation is 1. The first-order chi connectivity index (χ1) is 12.1. The maximum atomic E-state index is 13.0. The number of ether oxygens (including phenoxy) is 2. The monoisotopic (exact) mass is 346 g/mol. The molecule has 1 saturated heterocycles. The molecule has 134 valence electrons. The molecule has 2 aromatic heterocycles. The van der Waals surface area contributed by atoms with Gasteiger partial charge in [0.15, 0.2) is 11.4 Å². The lowest BCUT2D eigenvalue weighted by atomic mass is 10.2. The van der Waals surface area contributed by atoms with Gasteiger partial charge in [-0.2, -0.15) is 0 Å². The third-order valence-electron chi connectivity index (χ3n) is 4.30. The maximum absolute atomic E-state index is 13.0. The Morgan fingerprint density at radius 1 is 1.20 bits per heavy atom. The van der Waals surface area contributed by atoms with Gasteiger partial charge in [0.25, 0.3) is 5.91 Å². The highest BCUT2D eigenvalue weighted by Crippen LogP contribution is 2.23. The second-order valence-electron chi connectivity index (χ2n) is 5.79. The Morgan fingerprint density at radius 3 is 2.52 bits per heavy atom. The van der Waals surface area contributed by atoms with Gasteiger partial charge in [-0.1, -0.05) is 0 Å². The highest BCUT2D eigenvalue weighted by atomic mass is 16.6. The molecule has 1 aliphatic rings. The van der Waals surface area contributed by atoms with Gasteiger partial charge in [-0.05, 0) is 26.0 Å². The van der Waals surface area contributed by atoms with Crippen LogP contribution in [0.5, 0.6) is 5.75 Å². The minimum absolute atomic E-state index is 0.0956. The molecule has 0 unspecified atom stereocenters. The Hall–Kier alpha value is -2.77. The minimum atomic E-state index is -0.328. The average molecular weight is 346 g/mol. The van der Waals surface area contributed by atoms with E-state index in [4.69, 9.17) is 9.47 Å². The van der Waals surface area contributed by atoms with Crippen LogP contribution in [-0.2, 0) is 4.74 Å². The molecule has 0 aliphatic carbocycles. The number of carbonyl (C=O) groups excluding carboxylic acids is 2. The van der Waals surface area contributed by atoms with E-state index in [0.717, 1.165) is 0 Å². The van der Waals surface area contributed by atoms with Crippen molar-refractivity contribution in [3.8, 4) is 5.75 Å². The van der Waals surface area contributed by atoms with Crippen LogP contribution in [0.3, 0.4) is 0 Å². The molecule has 0 aromatic carbocycles. The summed E-state index contributed by atoms with van der Waals surface area (Å²) >= 11 is 0. The number of rotatable bonds is 3. The molecule has 8 nitrogen and oxygen atoms in total. The van der Waals surface area contributed by atoms with Crippen LogP contribution in [0.4, 0.5) is 4.79 Å². The highest BCUT2D eigenvalue weighted by Gasteiger charge is 2.28. The Balaban J connectivity index is 1.80. The van der Waals surface area contributed by atoms with Crippen molar-refractivity contribution < 1.29 is 19.1 Å². The lowest BCUT2D eigenvalue weighted by Crippen LogP contribution is -2.51. The number of amides is 2. The fourth-order valence-corrected chi connectivity index (χ4v) is 3.03. The number of fused-ring (bicyclic) bond motifs is 1. The van der Waals surface area contributed by atoms with Gasteiger partial charge >= 0.3 is 6.09 Å². The van der Waals surface area contributed by atoms with E-state index in [1.165, 1.54) is 0 Å². The molecule has 8 heteroatoms. The summed E-state index contributed by atoms with van der Waals surface area (Å²) < 4.78 is 12.1. The number of methoxy groups -OCH3 is 1. The predicted octanol–water partition coefficient (Wildman–Crippen LogP) is 1.57. The molecule has 1 fully saturated rings. The summed E-state index contributed by atoms with van der Waals surface area (Å²) in [6.07, 6.45) is 1.48. The van der Waals surface area contributed by atoms with Crippen LogP contribution in [0, 0.1) is 6.92 Å². The van der Waals surface area contributed by atoms with Crippen molar-refractivity contribution in [1.29, 1.82) is 0 Å². The summed E-state index contributed by atoms with van der Waals surface area (Å²) in [5.74, 6) is 0.526. The zero-order chi connectivity index (χ0) is 18.0. The SMILES string of the molecule is CCOC(=O)N1CCN(C(=O)c2c(C)nc3c(OC)cccn23)CC1. The molecular formula is C17H22N4O4. The first kappa shape index (κ1) is 17.1. The van der Waals surface area contributed by atoms with E-state index in [2.05, 4.69) is 4.98 Å². The molecule has 0 spiro atoms. The van der Waals surface area contributed by atoms with Gasteiger partial charge in [0.1, 0.15) is 5.69 Å².